The van der Waals surface area contributed by atoms with E-state index < -0.39 is 11.6 Å². The molecule has 0 aliphatic heterocycles. The van der Waals surface area contributed by atoms with E-state index in [0.717, 1.165) is 19.3 Å². The highest BCUT2D eigenvalue weighted by Crippen LogP contribution is 2.22. The second-order valence-corrected chi connectivity index (χ2v) is 7.96. The molecule has 0 aromatic heterocycles. The number of hydrogen-bond donors (Lipinski definition) is 0. The first-order valence-corrected chi connectivity index (χ1v) is 10.5. The molecular weight excluding hydrogens is 388 g/mol. The molecule has 0 radical (unpaired) electrons. The first-order chi connectivity index (χ1) is 13.8. The molecule has 5 heteroatoms. The number of carbonyl (C=O) groups excluding carboxylic acids is 2. The molecule has 0 fully saturated rings. The third kappa shape index (κ3) is 7.21. The van der Waals surface area contributed by atoms with Gasteiger partial charge >= 0.3 is 5.97 Å². The standard InChI is InChI=1S/C24H29ClO4/c1-4-5-6-7-8-17-28-23(27)24(2,3)29-21-15-11-19(12-16-21)22(26)18-9-13-20(25)14-10-18/h9-16H,4-8,17H2,1-3H3. The number of ether oxygens (including phenoxy) is 2. The molecule has 0 aliphatic rings. The largest absolute Gasteiger partial charge is 0.476 e. The normalized spacial score (nSPS) is 11.2. The molecule has 0 atom stereocenters. The molecule has 4 nitrogen and oxygen atoms in total. The van der Waals surface area contributed by atoms with Crippen molar-refractivity contribution < 1.29 is 19.1 Å². The lowest BCUT2D eigenvalue weighted by molar-refractivity contribution is -0.159. The van der Waals surface area contributed by atoms with Crippen LogP contribution < -0.4 is 4.74 Å². The van der Waals surface area contributed by atoms with E-state index in [2.05, 4.69) is 6.92 Å². The van der Waals surface area contributed by atoms with Crippen molar-refractivity contribution in [2.75, 3.05) is 6.61 Å². The number of unbranched alkanes of at least 4 members (excludes halogenated alkanes) is 4. The van der Waals surface area contributed by atoms with Gasteiger partial charge in [-0.1, -0.05) is 44.2 Å². The highest BCUT2D eigenvalue weighted by atomic mass is 35.5. The molecule has 0 saturated carbocycles. The number of hydrogen-bond acceptors (Lipinski definition) is 4. The summed E-state index contributed by atoms with van der Waals surface area (Å²) in [7, 11) is 0. The lowest BCUT2D eigenvalue weighted by Crippen LogP contribution is -2.39. The average Bonchev–Trinajstić information content (AvgIpc) is 2.70. The molecule has 0 amide bonds. The molecule has 0 N–H and O–H groups in total. The van der Waals surface area contributed by atoms with Crippen LogP contribution >= 0.6 is 11.6 Å². The number of halogens is 1. The van der Waals surface area contributed by atoms with Gasteiger partial charge in [-0.3, -0.25) is 4.79 Å². The molecule has 2 rings (SSSR count). The molecule has 0 saturated heterocycles. The van der Waals surface area contributed by atoms with Crippen LogP contribution in [-0.2, 0) is 9.53 Å². The van der Waals surface area contributed by atoms with E-state index in [9.17, 15) is 9.59 Å². The Kier molecular flexibility index (Phi) is 8.71. The lowest BCUT2D eigenvalue weighted by atomic mass is 10.0. The maximum atomic E-state index is 12.5. The molecular formula is C24H29ClO4. The highest BCUT2D eigenvalue weighted by Gasteiger charge is 2.31. The van der Waals surface area contributed by atoms with Gasteiger partial charge in [0.05, 0.1) is 6.61 Å². The first-order valence-electron chi connectivity index (χ1n) is 10.1. The summed E-state index contributed by atoms with van der Waals surface area (Å²) in [5.41, 5.74) is -0.0106. The van der Waals surface area contributed by atoms with Gasteiger partial charge in [0, 0.05) is 16.1 Å². The SMILES string of the molecule is CCCCCCCOC(=O)C(C)(C)Oc1ccc(C(=O)c2ccc(Cl)cc2)cc1. The van der Waals surface area contributed by atoms with E-state index in [-0.39, 0.29) is 5.78 Å². The molecule has 0 bridgehead atoms. The van der Waals surface area contributed by atoms with Crippen LogP contribution in [0.15, 0.2) is 48.5 Å². The van der Waals surface area contributed by atoms with Gasteiger partial charge < -0.3 is 9.47 Å². The minimum absolute atomic E-state index is 0.102. The number of carbonyl (C=O) groups is 2. The zero-order valence-electron chi connectivity index (χ0n) is 17.4. The summed E-state index contributed by atoms with van der Waals surface area (Å²) < 4.78 is 11.2. The minimum Gasteiger partial charge on any atom is -0.476 e. The van der Waals surface area contributed by atoms with E-state index in [1.165, 1.54) is 12.8 Å². The Bertz CT molecular complexity index is 795. The van der Waals surface area contributed by atoms with Crippen molar-refractivity contribution in [3.05, 3.63) is 64.7 Å². The Morgan fingerprint density at radius 2 is 1.41 bits per heavy atom. The van der Waals surface area contributed by atoms with Gasteiger partial charge in [-0.2, -0.15) is 0 Å². The Morgan fingerprint density at radius 1 is 0.862 bits per heavy atom. The summed E-state index contributed by atoms with van der Waals surface area (Å²) in [6, 6.07) is 13.5. The van der Waals surface area contributed by atoms with Crippen molar-refractivity contribution in [2.45, 2.75) is 58.5 Å². The fraction of sp³-hybridized carbons (Fsp3) is 0.417. The van der Waals surface area contributed by atoms with Crippen LogP contribution in [0.5, 0.6) is 5.75 Å². The molecule has 29 heavy (non-hydrogen) atoms. The van der Waals surface area contributed by atoms with E-state index in [4.69, 9.17) is 21.1 Å². The lowest BCUT2D eigenvalue weighted by Gasteiger charge is -2.24. The quantitative estimate of drug-likeness (QED) is 0.247. The zero-order chi connectivity index (χ0) is 21.3. The van der Waals surface area contributed by atoms with E-state index in [1.807, 2.05) is 0 Å². The summed E-state index contributed by atoms with van der Waals surface area (Å²) >= 11 is 5.86. The molecule has 2 aromatic rings. The topological polar surface area (TPSA) is 52.6 Å². The third-order valence-corrected chi connectivity index (χ3v) is 4.82. The van der Waals surface area contributed by atoms with Crippen LogP contribution in [0, 0.1) is 0 Å². The van der Waals surface area contributed by atoms with Crippen LogP contribution in [-0.4, -0.2) is 24.0 Å². The van der Waals surface area contributed by atoms with Crippen molar-refractivity contribution in [1.29, 1.82) is 0 Å². The second kappa shape index (κ2) is 11.0. The number of rotatable bonds is 11. The van der Waals surface area contributed by atoms with Gasteiger partial charge in [-0.05, 0) is 68.8 Å². The van der Waals surface area contributed by atoms with Gasteiger partial charge in [0.2, 0.25) is 0 Å². The maximum Gasteiger partial charge on any atom is 0.349 e. The Hall–Kier alpha value is -2.33. The summed E-state index contributed by atoms with van der Waals surface area (Å²) in [4.78, 5) is 24.9. The van der Waals surface area contributed by atoms with Crippen molar-refractivity contribution >= 4 is 23.4 Å². The predicted molar refractivity (Wildman–Crippen MR) is 116 cm³/mol. The van der Waals surface area contributed by atoms with Gasteiger partial charge in [0.25, 0.3) is 0 Å². The second-order valence-electron chi connectivity index (χ2n) is 7.52. The van der Waals surface area contributed by atoms with Crippen molar-refractivity contribution in [3.63, 3.8) is 0 Å². The predicted octanol–water partition coefficient (Wildman–Crippen LogP) is 6.24. The monoisotopic (exact) mass is 416 g/mol. The molecule has 0 heterocycles. The average molecular weight is 417 g/mol. The van der Waals surface area contributed by atoms with Crippen LogP contribution in [0.4, 0.5) is 0 Å². The van der Waals surface area contributed by atoms with Crippen molar-refractivity contribution in [2.24, 2.45) is 0 Å². The summed E-state index contributed by atoms with van der Waals surface area (Å²) in [6.45, 7) is 5.93. The maximum absolute atomic E-state index is 12.5. The molecule has 0 unspecified atom stereocenters. The summed E-state index contributed by atoms with van der Waals surface area (Å²) in [6.07, 6.45) is 5.48. The van der Waals surface area contributed by atoms with E-state index in [1.54, 1.807) is 62.4 Å². The van der Waals surface area contributed by atoms with E-state index >= 15 is 0 Å². The van der Waals surface area contributed by atoms with Crippen LogP contribution in [0.3, 0.4) is 0 Å². The van der Waals surface area contributed by atoms with Gasteiger partial charge in [0.1, 0.15) is 5.75 Å². The molecule has 0 spiro atoms. The Labute approximate surface area is 178 Å². The number of esters is 1. The number of ketones is 1. The van der Waals surface area contributed by atoms with Crippen LogP contribution in [0.2, 0.25) is 5.02 Å². The first kappa shape index (κ1) is 23.0. The van der Waals surface area contributed by atoms with E-state index in [0.29, 0.717) is 28.5 Å². The minimum atomic E-state index is -1.11. The molecule has 2 aromatic carbocycles. The van der Waals surface area contributed by atoms with Gasteiger partial charge in [0.15, 0.2) is 11.4 Å². The van der Waals surface area contributed by atoms with Gasteiger partial charge in [-0.25, -0.2) is 4.79 Å². The fourth-order valence-electron chi connectivity index (χ4n) is 2.82. The third-order valence-electron chi connectivity index (χ3n) is 4.57. The summed E-state index contributed by atoms with van der Waals surface area (Å²) in [5.74, 6) is 0.00632. The highest BCUT2D eigenvalue weighted by molar-refractivity contribution is 6.30. The van der Waals surface area contributed by atoms with Crippen LogP contribution in [0.25, 0.3) is 0 Å². The molecule has 156 valence electrons. The van der Waals surface area contributed by atoms with Crippen molar-refractivity contribution in [3.8, 4) is 5.75 Å². The van der Waals surface area contributed by atoms with Crippen molar-refractivity contribution in [1.82, 2.24) is 0 Å². The zero-order valence-corrected chi connectivity index (χ0v) is 18.1. The van der Waals surface area contributed by atoms with Crippen LogP contribution in [0.1, 0.15) is 68.8 Å². The Balaban J connectivity index is 1.89. The number of benzene rings is 2. The van der Waals surface area contributed by atoms with Gasteiger partial charge in [-0.15, -0.1) is 0 Å². The Morgan fingerprint density at radius 3 is 2.00 bits per heavy atom. The molecule has 0 aliphatic carbocycles. The smallest absolute Gasteiger partial charge is 0.349 e. The summed E-state index contributed by atoms with van der Waals surface area (Å²) in [5, 5.41) is 0.584. The fourth-order valence-corrected chi connectivity index (χ4v) is 2.95.